The predicted octanol–water partition coefficient (Wildman–Crippen LogP) is 0.865. The highest BCUT2D eigenvalue weighted by Crippen LogP contribution is 2.24. The van der Waals surface area contributed by atoms with Crippen LogP contribution in [0.1, 0.15) is 12.8 Å². The number of likely N-dealkylation sites (tertiary alicyclic amines) is 1. The molecule has 2 fully saturated rings. The summed E-state index contributed by atoms with van der Waals surface area (Å²) in [5.74, 6) is 1.66. The van der Waals surface area contributed by atoms with Crippen LogP contribution >= 0.6 is 0 Å². The normalized spacial score (nSPS) is 24.7. The first-order valence-corrected chi connectivity index (χ1v) is 8.21. The van der Waals surface area contributed by atoms with Gasteiger partial charge in [0.05, 0.1) is 13.1 Å². The van der Waals surface area contributed by atoms with Crippen LogP contribution in [0.15, 0.2) is 30.3 Å². The Kier molecular flexibility index (Phi) is 5.29. The summed E-state index contributed by atoms with van der Waals surface area (Å²) in [5.41, 5.74) is 0. The standard InChI is InChI=1S/C17H25N3O2/c21-17(19-9-11-22-15-4-2-1-3-5-15)13-20-10-7-16-14(12-20)6-8-18-16/h1-5,14,16,18H,6-13H2,(H,19,21). The number of ether oxygens (including phenoxy) is 1. The zero-order chi connectivity index (χ0) is 15.2. The second kappa shape index (κ2) is 7.61. The summed E-state index contributed by atoms with van der Waals surface area (Å²) < 4.78 is 5.57. The van der Waals surface area contributed by atoms with Gasteiger partial charge in [-0.15, -0.1) is 0 Å². The van der Waals surface area contributed by atoms with E-state index in [4.69, 9.17) is 4.74 Å². The fourth-order valence-corrected chi connectivity index (χ4v) is 3.40. The van der Waals surface area contributed by atoms with Gasteiger partial charge >= 0.3 is 0 Å². The number of amides is 1. The summed E-state index contributed by atoms with van der Waals surface area (Å²) in [7, 11) is 0. The molecule has 2 unspecified atom stereocenters. The van der Waals surface area contributed by atoms with Crippen LogP contribution in [0, 0.1) is 5.92 Å². The Labute approximate surface area is 132 Å². The van der Waals surface area contributed by atoms with Gasteiger partial charge in [-0.05, 0) is 37.4 Å². The highest BCUT2D eigenvalue weighted by molar-refractivity contribution is 5.78. The molecule has 22 heavy (non-hydrogen) atoms. The largest absolute Gasteiger partial charge is 0.492 e. The number of rotatable bonds is 6. The number of hydrogen-bond donors (Lipinski definition) is 2. The molecule has 1 aromatic carbocycles. The molecule has 1 amide bonds. The summed E-state index contributed by atoms with van der Waals surface area (Å²) in [6.07, 6.45) is 2.41. The van der Waals surface area contributed by atoms with E-state index in [1.807, 2.05) is 30.3 Å². The molecule has 2 aliphatic rings. The molecule has 0 aromatic heterocycles. The van der Waals surface area contributed by atoms with Crippen LogP contribution in [-0.4, -0.2) is 56.2 Å². The van der Waals surface area contributed by atoms with Crippen LogP contribution < -0.4 is 15.4 Å². The number of benzene rings is 1. The second-order valence-corrected chi connectivity index (χ2v) is 6.14. The molecule has 1 aromatic rings. The van der Waals surface area contributed by atoms with Gasteiger partial charge in [-0.3, -0.25) is 9.69 Å². The van der Waals surface area contributed by atoms with Gasteiger partial charge in [0, 0.05) is 19.1 Å². The summed E-state index contributed by atoms with van der Waals surface area (Å²) in [6, 6.07) is 10.4. The first kappa shape index (κ1) is 15.3. The second-order valence-electron chi connectivity index (χ2n) is 6.14. The van der Waals surface area contributed by atoms with Gasteiger partial charge in [0.2, 0.25) is 5.91 Å². The molecule has 3 rings (SSSR count). The topological polar surface area (TPSA) is 53.6 Å². The number of carbonyl (C=O) groups excluding carboxylic acids is 1. The van der Waals surface area contributed by atoms with E-state index in [2.05, 4.69) is 15.5 Å². The smallest absolute Gasteiger partial charge is 0.234 e. The number of fused-ring (bicyclic) bond motifs is 1. The van der Waals surface area contributed by atoms with E-state index in [1.165, 1.54) is 6.42 Å². The van der Waals surface area contributed by atoms with Crippen molar-refractivity contribution in [2.75, 3.05) is 39.3 Å². The van der Waals surface area contributed by atoms with Crippen LogP contribution in [0.4, 0.5) is 0 Å². The highest BCUT2D eigenvalue weighted by Gasteiger charge is 2.32. The van der Waals surface area contributed by atoms with Crippen molar-refractivity contribution < 1.29 is 9.53 Å². The fraction of sp³-hybridized carbons (Fsp3) is 0.588. The maximum atomic E-state index is 12.0. The van der Waals surface area contributed by atoms with E-state index in [-0.39, 0.29) is 5.91 Å². The zero-order valence-corrected chi connectivity index (χ0v) is 13.0. The molecule has 2 saturated heterocycles. The Balaban J connectivity index is 1.31. The van der Waals surface area contributed by atoms with E-state index in [1.54, 1.807) is 0 Å². The number of para-hydroxylation sites is 1. The van der Waals surface area contributed by atoms with Crippen molar-refractivity contribution in [3.05, 3.63) is 30.3 Å². The Morgan fingerprint density at radius 3 is 3.05 bits per heavy atom. The van der Waals surface area contributed by atoms with Crippen LogP contribution in [-0.2, 0) is 4.79 Å². The van der Waals surface area contributed by atoms with Gasteiger partial charge in [-0.2, -0.15) is 0 Å². The maximum absolute atomic E-state index is 12.0. The molecule has 2 atom stereocenters. The van der Waals surface area contributed by atoms with Gasteiger partial charge in [0.25, 0.3) is 0 Å². The van der Waals surface area contributed by atoms with E-state index < -0.39 is 0 Å². The van der Waals surface area contributed by atoms with Crippen molar-refractivity contribution in [2.24, 2.45) is 5.92 Å². The molecule has 0 radical (unpaired) electrons. The number of carbonyl (C=O) groups is 1. The van der Waals surface area contributed by atoms with E-state index in [9.17, 15) is 4.79 Å². The summed E-state index contributed by atoms with van der Waals surface area (Å²) >= 11 is 0. The Morgan fingerprint density at radius 2 is 2.18 bits per heavy atom. The number of nitrogens with zero attached hydrogens (tertiary/aromatic N) is 1. The predicted molar refractivity (Wildman–Crippen MR) is 85.9 cm³/mol. The molecule has 2 heterocycles. The van der Waals surface area contributed by atoms with Gasteiger partial charge in [0.15, 0.2) is 0 Å². The van der Waals surface area contributed by atoms with Crippen LogP contribution in [0.3, 0.4) is 0 Å². The number of nitrogens with one attached hydrogen (secondary N) is 2. The van der Waals surface area contributed by atoms with E-state index in [0.29, 0.717) is 25.7 Å². The van der Waals surface area contributed by atoms with Crippen molar-refractivity contribution in [3.63, 3.8) is 0 Å². The summed E-state index contributed by atoms with van der Waals surface area (Å²) in [4.78, 5) is 14.3. The van der Waals surface area contributed by atoms with Gasteiger partial charge in [-0.1, -0.05) is 18.2 Å². The van der Waals surface area contributed by atoms with Gasteiger partial charge in [-0.25, -0.2) is 0 Å². The molecule has 0 saturated carbocycles. The van der Waals surface area contributed by atoms with Crippen molar-refractivity contribution in [1.29, 1.82) is 0 Å². The molecule has 2 aliphatic heterocycles. The lowest BCUT2D eigenvalue weighted by Crippen LogP contribution is -2.48. The fourth-order valence-electron chi connectivity index (χ4n) is 3.40. The van der Waals surface area contributed by atoms with Crippen molar-refractivity contribution >= 4 is 5.91 Å². The quantitative estimate of drug-likeness (QED) is 0.766. The third-order valence-electron chi connectivity index (χ3n) is 4.54. The van der Waals surface area contributed by atoms with Gasteiger partial charge in [0.1, 0.15) is 12.4 Å². The molecule has 5 nitrogen and oxygen atoms in total. The lowest BCUT2D eigenvalue weighted by Gasteiger charge is -2.34. The summed E-state index contributed by atoms with van der Waals surface area (Å²) in [5, 5.41) is 6.48. The number of hydrogen-bond acceptors (Lipinski definition) is 4. The van der Waals surface area contributed by atoms with Crippen LogP contribution in [0.25, 0.3) is 0 Å². The first-order chi connectivity index (χ1) is 10.8. The molecule has 2 N–H and O–H groups in total. The van der Waals surface area contributed by atoms with Crippen LogP contribution in [0.2, 0.25) is 0 Å². The third kappa shape index (κ3) is 4.21. The van der Waals surface area contributed by atoms with E-state index in [0.717, 1.165) is 37.7 Å². The molecule has 0 bridgehead atoms. The molecule has 5 heteroatoms. The zero-order valence-electron chi connectivity index (χ0n) is 13.0. The minimum atomic E-state index is 0.0982. The van der Waals surface area contributed by atoms with E-state index >= 15 is 0 Å². The van der Waals surface area contributed by atoms with Crippen molar-refractivity contribution in [1.82, 2.24) is 15.5 Å². The average Bonchev–Trinajstić information content (AvgIpc) is 3.00. The minimum Gasteiger partial charge on any atom is -0.492 e. The molecular weight excluding hydrogens is 278 g/mol. The third-order valence-corrected chi connectivity index (χ3v) is 4.54. The Morgan fingerprint density at radius 1 is 1.32 bits per heavy atom. The SMILES string of the molecule is O=C(CN1CCC2NCCC2C1)NCCOc1ccccc1. The minimum absolute atomic E-state index is 0.0982. The Hall–Kier alpha value is -1.59. The molecular formula is C17H25N3O2. The maximum Gasteiger partial charge on any atom is 0.234 e. The van der Waals surface area contributed by atoms with Crippen molar-refractivity contribution in [3.8, 4) is 5.75 Å². The van der Waals surface area contributed by atoms with Crippen molar-refractivity contribution in [2.45, 2.75) is 18.9 Å². The highest BCUT2D eigenvalue weighted by atomic mass is 16.5. The average molecular weight is 303 g/mol. The lowest BCUT2D eigenvalue weighted by molar-refractivity contribution is -0.122. The molecule has 0 aliphatic carbocycles. The summed E-state index contributed by atoms with van der Waals surface area (Å²) in [6.45, 7) is 4.76. The Bertz CT molecular complexity index is 480. The first-order valence-electron chi connectivity index (χ1n) is 8.21. The van der Waals surface area contributed by atoms with Gasteiger partial charge < -0.3 is 15.4 Å². The monoisotopic (exact) mass is 303 g/mol. The molecule has 120 valence electrons. The number of piperidine rings is 1. The van der Waals surface area contributed by atoms with Crippen LogP contribution in [0.5, 0.6) is 5.75 Å². The lowest BCUT2D eigenvalue weighted by atomic mass is 9.93. The molecule has 0 spiro atoms.